The SMILES string of the molecule is COc1ccc(CNC(=O)c2ccc3c(c2)CCN3C(C)=O)cc1. The summed E-state index contributed by atoms with van der Waals surface area (Å²) < 4.78 is 5.12. The number of anilines is 1. The summed E-state index contributed by atoms with van der Waals surface area (Å²) in [5.74, 6) is 0.707. The van der Waals surface area contributed by atoms with Crippen LogP contribution in [0.5, 0.6) is 5.75 Å². The Labute approximate surface area is 141 Å². The molecule has 0 radical (unpaired) electrons. The normalized spacial score (nSPS) is 12.7. The zero-order valence-electron chi connectivity index (χ0n) is 13.8. The van der Waals surface area contributed by atoms with E-state index in [-0.39, 0.29) is 11.8 Å². The van der Waals surface area contributed by atoms with Crippen molar-refractivity contribution in [2.24, 2.45) is 0 Å². The largest absolute Gasteiger partial charge is 0.497 e. The number of rotatable bonds is 4. The van der Waals surface area contributed by atoms with Crippen LogP contribution >= 0.6 is 0 Å². The zero-order chi connectivity index (χ0) is 17.1. The zero-order valence-corrected chi connectivity index (χ0v) is 13.8. The summed E-state index contributed by atoms with van der Waals surface area (Å²) in [5.41, 5.74) is 3.58. The van der Waals surface area contributed by atoms with E-state index in [4.69, 9.17) is 4.74 Å². The quantitative estimate of drug-likeness (QED) is 0.940. The molecule has 1 aliphatic rings. The maximum absolute atomic E-state index is 12.3. The number of amides is 2. The monoisotopic (exact) mass is 324 g/mol. The second-order valence-corrected chi connectivity index (χ2v) is 5.79. The van der Waals surface area contributed by atoms with Crippen LogP contribution in [-0.4, -0.2) is 25.5 Å². The molecule has 2 aromatic carbocycles. The van der Waals surface area contributed by atoms with E-state index in [1.54, 1.807) is 25.0 Å². The van der Waals surface area contributed by atoms with Crippen LogP contribution in [0.1, 0.15) is 28.4 Å². The lowest BCUT2D eigenvalue weighted by atomic mass is 10.1. The average Bonchev–Trinajstić information content (AvgIpc) is 3.03. The van der Waals surface area contributed by atoms with Gasteiger partial charge in [-0.05, 0) is 47.9 Å². The first-order valence-electron chi connectivity index (χ1n) is 7.90. The summed E-state index contributed by atoms with van der Waals surface area (Å²) in [6.45, 7) is 2.70. The first-order chi connectivity index (χ1) is 11.6. The summed E-state index contributed by atoms with van der Waals surface area (Å²) in [5, 5.41) is 2.92. The Balaban J connectivity index is 1.66. The van der Waals surface area contributed by atoms with Gasteiger partial charge in [0.2, 0.25) is 5.91 Å². The molecule has 5 nitrogen and oxygen atoms in total. The molecule has 0 aromatic heterocycles. The first-order valence-corrected chi connectivity index (χ1v) is 7.90. The van der Waals surface area contributed by atoms with E-state index >= 15 is 0 Å². The molecular weight excluding hydrogens is 304 g/mol. The third-order valence-electron chi connectivity index (χ3n) is 4.23. The van der Waals surface area contributed by atoms with Crippen LogP contribution in [0, 0.1) is 0 Å². The smallest absolute Gasteiger partial charge is 0.251 e. The third kappa shape index (κ3) is 3.25. The molecule has 3 rings (SSSR count). The Hall–Kier alpha value is -2.82. The minimum Gasteiger partial charge on any atom is -0.497 e. The molecule has 0 aliphatic carbocycles. The summed E-state index contributed by atoms with van der Waals surface area (Å²) in [6, 6.07) is 13.1. The lowest BCUT2D eigenvalue weighted by Crippen LogP contribution is -2.26. The van der Waals surface area contributed by atoms with E-state index in [0.717, 1.165) is 29.0 Å². The van der Waals surface area contributed by atoms with Gasteiger partial charge >= 0.3 is 0 Å². The van der Waals surface area contributed by atoms with Gasteiger partial charge in [-0.2, -0.15) is 0 Å². The number of ether oxygens (including phenoxy) is 1. The van der Waals surface area contributed by atoms with Crippen LogP contribution in [0.2, 0.25) is 0 Å². The van der Waals surface area contributed by atoms with Gasteiger partial charge in [0.15, 0.2) is 0 Å². The highest BCUT2D eigenvalue weighted by atomic mass is 16.5. The molecule has 24 heavy (non-hydrogen) atoms. The number of benzene rings is 2. The standard InChI is InChI=1S/C19H20N2O3/c1-13(22)21-10-9-15-11-16(5-8-18(15)21)19(23)20-12-14-3-6-17(24-2)7-4-14/h3-8,11H,9-10,12H2,1-2H3,(H,20,23). The Morgan fingerprint density at radius 3 is 2.58 bits per heavy atom. The van der Waals surface area contributed by atoms with Crippen LogP contribution in [0.3, 0.4) is 0 Å². The van der Waals surface area contributed by atoms with Crippen molar-refractivity contribution in [3.05, 3.63) is 59.2 Å². The molecule has 2 aromatic rings. The van der Waals surface area contributed by atoms with E-state index in [2.05, 4.69) is 5.32 Å². The molecule has 1 N–H and O–H groups in total. The second kappa shape index (κ2) is 6.74. The van der Waals surface area contributed by atoms with Gasteiger partial charge in [0.25, 0.3) is 5.91 Å². The van der Waals surface area contributed by atoms with Crippen molar-refractivity contribution in [3.8, 4) is 5.75 Å². The van der Waals surface area contributed by atoms with Crippen molar-refractivity contribution in [3.63, 3.8) is 0 Å². The number of nitrogens with zero attached hydrogens (tertiary/aromatic N) is 1. The van der Waals surface area contributed by atoms with Crippen LogP contribution in [0.25, 0.3) is 0 Å². The fourth-order valence-electron chi connectivity index (χ4n) is 2.90. The summed E-state index contributed by atoms with van der Waals surface area (Å²) in [7, 11) is 1.62. The summed E-state index contributed by atoms with van der Waals surface area (Å²) in [4.78, 5) is 25.7. The number of methoxy groups -OCH3 is 1. The second-order valence-electron chi connectivity index (χ2n) is 5.79. The van der Waals surface area contributed by atoms with Gasteiger partial charge < -0.3 is 15.0 Å². The first kappa shape index (κ1) is 16.1. The fraction of sp³-hybridized carbons (Fsp3) is 0.263. The van der Waals surface area contributed by atoms with E-state index in [1.165, 1.54) is 0 Å². The molecule has 1 heterocycles. The number of nitrogens with one attached hydrogen (secondary N) is 1. The topological polar surface area (TPSA) is 58.6 Å². The van der Waals surface area contributed by atoms with E-state index in [0.29, 0.717) is 18.7 Å². The van der Waals surface area contributed by atoms with Gasteiger partial charge in [-0.1, -0.05) is 12.1 Å². The Bertz CT molecular complexity index is 769. The third-order valence-corrected chi connectivity index (χ3v) is 4.23. The molecule has 0 saturated heterocycles. The Kier molecular flexibility index (Phi) is 4.51. The fourth-order valence-corrected chi connectivity index (χ4v) is 2.90. The lowest BCUT2D eigenvalue weighted by Gasteiger charge is -2.14. The highest BCUT2D eigenvalue weighted by Crippen LogP contribution is 2.28. The molecule has 0 fully saturated rings. The minimum atomic E-state index is -0.116. The van der Waals surface area contributed by atoms with Crippen LogP contribution in [0.15, 0.2) is 42.5 Å². The molecule has 124 valence electrons. The van der Waals surface area contributed by atoms with Crippen LogP contribution < -0.4 is 15.0 Å². The number of hydrogen-bond donors (Lipinski definition) is 1. The molecule has 2 amide bonds. The van der Waals surface area contributed by atoms with E-state index < -0.39 is 0 Å². The lowest BCUT2D eigenvalue weighted by molar-refractivity contribution is -0.116. The molecule has 1 aliphatic heterocycles. The van der Waals surface area contributed by atoms with Crippen molar-refractivity contribution in [2.75, 3.05) is 18.6 Å². The number of carbonyl (C=O) groups excluding carboxylic acids is 2. The number of fused-ring (bicyclic) bond motifs is 1. The van der Waals surface area contributed by atoms with Gasteiger partial charge in [-0.15, -0.1) is 0 Å². The molecule has 0 saturated carbocycles. The predicted molar refractivity (Wildman–Crippen MR) is 92.3 cm³/mol. The van der Waals surface area contributed by atoms with Crippen molar-refractivity contribution in [1.82, 2.24) is 5.32 Å². The minimum absolute atomic E-state index is 0.0328. The summed E-state index contributed by atoms with van der Waals surface area (Å²) in [6.07, 6.45) is 0.786. The molecular formula is C19H20N2O3. The van der Waals surface area contributed by atoms with E-state index in [9.17, 15) is 9.59 Å². The maximum atomic E-state index is 12.3. The Morgan fingerprint density at radius 2 is 1.92 bits per heavy atom. The van der Waals surface area contributed by atoms with Crippen LogP contribution in [0.4, 0.5) is 5.69 Å². The van der Waals surface area contributed by atoms with Crippen molar-refractivity contribution in [1.29, 1.82) is 0 Å². The number of carbonyl (C=O) groups is 2. The van der Waals surface area contributed by atoms with E-state index in [1.807, 2.05) is 36.4 Å². The molecule has 0 spiro atoms. The summed E-state index contributed by atoms with van der Waals surface area (Å²) >= 11 is 0. The van der Waals surface area contributed by atoms with Crippen LogP contribution in [-0.2, 0) is 17.8 Å². The molecule has 0 atom stereocenters. The van der Waals surface area contributed by atoms with Crippen molar-refractivity contribution >= 4 is 17.5 Å². The van der Waals surface area contributed by atoms with Gasteiger partial charge in [0, 0.05) is 31.3 Å². The predicted octanol–water partition coefficient (Wildman–Crippen LogP) is 2.53. The number of hydrogen-bond acceptors (Lipinski definition) is 3. The van der Waals surface area contributed by atoms with Gasteiger partial charge in [0.05, 0.1) is 7.11 Å². The molecule has 5 heteroatoms. The van der Waals surface area contributed by atoms with Gasteiger partial charge in [-0.3, -0.25) is 9.59 Å². The van der Waals surface area contributed by atoms with Crippen molar-refractivity contribution in [2.45, 2.75) is 19.9 Å². The van der Waals surface area contributed by atoms with Crippen molar-refractivity contribution < 1.29 is 14.3 Å². The van der Waals surface area contributed by atoms with Gasteiger partial charge in [0.1, 0.15) is 5.75 Å². The molecule has 0 bridgehead atoms. The average molecular weight is 324 g/mol. The highest BCUT2D eigenvalue weighted by Gasteiger charge is 2.23. The maximum Gasteiger partial charge on any atom is 0.251 e. The Morgan fingerprint density at radius 1 is 1.17 bits per heavy atom. The highest BCUT2D eigenvalue weighted by molar-refractivity contribution is 5.97. The van der Waals surface area contributed by atoms with Gasteiger partial charge in [-0.25, -0.2) is 0 Å². The molecule has 0 unspecified atom stereocenters.